The van der Waals surface area contributed by atoms with Crippen LogP contribution in [0.25, 0.3) is 0 Å². The molecule has 0 aliphatic carbocycles. The Balaban J connectivity index is 2.87. The first-order valence-corrected chi connectivity index (χ1v) is 7.75. The molecule has 0 aromatic carbocycles. The maximum absolute atomic E-state index is 12.3. The average molecular weight is 297 g/mol. The van der Waals surface area contributed by atoms with Crippen LogP contribution in [0, 0.1) is 5.92 Å². The standard InChI is InChI=1S/C16H25ClN2O/c1-6-12(7-2)11(5)18-16(20)13-8-14(10(3)4)19-15(17)9-13/h8-12H,6-7H2,1-5H3,(H,18,20). The van der Waals surface area contributed by atoms with Crippen LogP contribution in [-0.4, -0.2) is 16.9 Å². The van der Waals surface area contributed by atoms with Gasteiger partial charge in [-0.15, -0.1) is 0 Å². The van der Waals surface area contributed by atoms with Crippen molar-refractivity contribution >= 4 is 17.5 Å². The van der Waals surface area contributed by atoms with E-state index in [0.29, 0.717) is 16.6 Å². The maximum atomic E-state index is 12.3. The number of rotatable bonds is 6. The second kappa shape index (κ2) is 7.63. The van der Waals surface area contributed by atoms with Crippen molar-refractivity contribution < 1.29 is 4.79 Å². The minimum Gasteiger partial charge on any atom is -0.349 e. The fourth-order valence-electron chi connectivity index (χ4n) is 2.35. The summed E-state index contributed by atoms with van der Waals surface area (Å²) >= 11 is 6.00. The van der Waals surface area contributed by atoms with Gasteiger partial charge in [0.05, 0.1) is 0 Å². The first-order chi connectivity index (χ1) is 9.38. The Bertz CT molecular complexity index is 456. The number of amides is 1. The van der Waals surface area contributed by atoms with E-state index in [-0.39, 0.29) is 17.9 Å². The lowest BCUT2D eigenvalue weighted by molar-refractivity contribution is 0.0925. The minimum atomic E-state index is -0.0735. The van der Waals surface area contributed by atoms with Crippen LogP contribution in [0.4, 0.5) is 0 Å². The van der Waals surface area contributed by atoms with Crippen LogP contribution < -0.4 is 5.32 Å². The van der Waals surface area contributed by atoms with Crippen LogP contribution in [0.2, 0.25) is 5.15 Å². The molecule has 1 amide bonds. The van der Waals surface area contributed by atoms with Crippen molar-refractivity contribution in [2.45, 2.75) is 59.4 Å². The van der Waals surface area contributed by atoms with Gasteiger partial charge in [0.1, 0.15) is 5.15 Å². The molecule has 0 fully saturated rings. The molecule has 4 heteroatoms. The largest absolute Gasteiger partial charge is 0.349 e. The summed E-state index contributed by atoms with van der Waals surface area (Å²) in [6.45, 7) is 10.4. The molecule has 1 aromatic rings. The van der Waals surface area contributed by atoms with Crippen LogP contribution in [0.3, 0.4) is 0 Å². The van der Waals surface area contributed by atoms with E-state index in [1.807, 2.05) is 19.9 Å². The Kier molecular flexibility index (Phi) is 6.47. The molecule has 112 valence electrons. The van der Waals surface area contributed by atoms with Gasteiger partial charge < -0.3 is 5.32 Å². The monoisotopic (exact) mass is 296 g/mol. The predicted octanol–water partition coefficient (Wildman–Crippen LogP) is 4.41. The number of carbonyl (C=O) groups excluding carboxylic acids is 1. The molecule has 0 spiro atoms. The van der Waals surface area contributed by atoms with Crippen molar-refractivity contribution in [3.05, 3.63) is 28.5 Å². The van der Waals surface area contributed by atoms with Crippen molar-refractivity contribution in [3.63, 3.8) is 0 Å². The molecule has 1 aromatic heterocycles. The highest BCUT2D eigenvalue weighted by atomic mass is 35.5. The van der Waals surface area contributed by atoms with E-state index in [0.717, 1.165) is 18.5 Å². The van der Waals surface area contributed by atoms with Crippen LogP contribution in [0.15, 0.2) is 12.1 Å². The lowest BCUT2D eigenvalue weighted by Crippen LogP contribution is -2.37. The Morgan fingerprint density at radius 1 is 1.25 bits per heavy atom. The van der Waals surface area contributed by atoms with E-state index < -0.39 is 0 Å². The lowest BCUT2D eigenvalue weighted by Gasteiger charge is -2.22. The summed E-state index contributed by atoms with van der Waals surface area (Å²) in [5.41, 5.74) is 1.43. The Morgan fingerprint density at radius 2 is 1.85 bits per heavy atom. The van der Waals surface area contributed by atoms with E-state index in [1.165, 1.54) is 0 Å². The van der Waals surface area contributed by atoms with Crippen molar-refractivity contribution in [2.75, 3.05) is 0 Å². The third-order valence-electron chi connectivity index (χ3n) is 3.78. The Labute approximate surface area is 127 Å². The smallest absolute Gasteiger partial charge is 0.251 e. The van der Waals surface area contributed by atoms with E-state index in [4.69, 9.17) is 11.6 Å². The second-order valence-corrected chi connectivity index (χ2v) is 5.98. The molecule has 0 aliphatic rings. The van der Waals surface area contributed by atoms with Gasteiger partial charge in [0, 0.05) is 17.3 Å². The highest BCUT2D eigenvalue weighted by molar-refractivity contribution is 6.29. The summed E-state index contributed by atoms with van der Waals surface area (Å²) in [5.74, 6) is 0.674. The molecule has 0 saturated heterocycles. The molecular weight excluding hydrogens is 272 g/mol. The van der Waals surface area contributed by atoms with Crippen molar-refractivity contribution in [1.82, 2.24) is 10.3 Å². The molecule has 1 heterocycles. The third-order valence-corrected chi connectivity index (χ3v) is 3.98. The molecule has 1 N–H and O–H groups in total. The highest BCUT2D eigenvalue weighted by Crippen LogP contribution is 2.18. The van der Waals surface area contributed by atoms with Gasteiger partial charge in [0.2, 0.25) is 0 Å². The summed E-state index contributed by atoms with van der Waals surface area (Å²) in [7, 11) is 0. The van der Waals surface area contributed by atoms with Crippen LogP contribution in [0.1, 0.15) is 69.4 Å². The Hall–Kier alpha value is -1.09. The van der Waals surface area contributed by atoms with Crippen molar-refractivity contribution in [3.8, 4) is 0 Å². The Morgan fingerprint density at radius 3 is 2.35 bits per heavy atom. The third kappa shape index (κ3) is 4.48. The van der Waals surface area contributed by atoms with E-state index in [1.54, 1.807) is 6.07 Å². The van der Waals surface area contributed by atoms with Crippen LogP contribution in [0.5, 0.6) is 0 Å². The van der Waals surface area contributed by atoms with Crippen LogP contribution >= 0.6 is 11.6 Å². The van der Waals surface area contributed by atoms with Gasteiger partial charge in [-0.2, -0.15) is 0 Å². The van der Waals surface area contributed by atoms with Gasteiger partial charge >= 0.3 is 0 Å². The average Bonchev–Trinajstić information content (AvgIpc) is 2.39. The van der Waals surface area contributed by atoms with Gasteiger partial charge in [-0.3, -0.25) is 4.79 Å². The summed E-state index contributed by atoms with van der Waals surface area (Å²) in [6, 6.07) is 3.61. The first-order valence-electron chi connectivity index (χ1n) is 7.37. The number of hydrogen-bond donors (Lipinski definition) is 1. The normalized spacial score (nSPS) is 12.8. The van der Waals surface area contributed by atoms with Crippen LogP contribution in [-0.2, 0) is 0 Å². The SMILES string of the molecule is CCC(CC)C(C)NC(=O)c1cc(Cl)nc(C(C)C)c1. The number of pyridine rings is 1. The molecule has 0 saturated carbocycles. The van der Waals surface area contributed by atoms with E-state index >= 15 is 0 Å². The van der Waals surface area contributed by atoms with Gasteiger partial charge in [-0.05, 0) is 30.9 Å². The lowest BCUT2D eigenvalue weighted by atomic mass is 9.95. The number of nitrogens with one attached hydrogen (secondary N) is 1. The fourth-order valence-corrected chi connectivity index (χ4v) is 2.56. The number of carbonyl (C=O) groups is 1. The summed E-state index contributed by atoms with van der Waals surface area (Å²) < 4.78 is 0. The highest BCUT2D eigenvalue weighted by Gasteiger charge is 2.18. The molecule has 0 radical (unpaired) electrons. The van der Waals surface area contributed by atoms with E-state index in [2.05, 4.69) is 31.1 Å². The molecule has 20 heavy (non-hydrogen) atoms. The topological polar surface area (TPSA) is 42.0 Å². The van der Waals surface area contributed by atoms with Gasteiger partial charge in [-0.25, -0.2) is 4.98 Å². The zero-order chi connectivity index (χ0) is 15.3. The number of hydrogen-bond acceptors (Lipinski definition) is 2. The van der Waals surface area contributed by atoms with Gasteiger partial charge in [-0.1, -0.05) is 52.1 Å². The fraction of sp³-hybridized carbons (Fsp3) is 0.625. The summed E-state index contributed by atoms with van der Waals surface area (Å²) in [5, 5.41) is 3.44. The minimum absolute atomic E-state index is 0.0735. The summed E-state index contributed by atoms with van der Waals surface area (Å²) in [4.78, 5) is 16.6. The first kappa shape index (κ1) is 17.0. The predicted molar refractivity (Wildman–Crippen MR) is 84.3 cm³/mol. The zero-order valence-electron chi connectivity index (χ0n) is 13.0. The molecule has 1 rings (SSSR count). The van der Waals surface area contributed by atoms with Gasteiger partial charge in [0.15, 0.2) is 0 Å². The second-order valence-electron chi connectivity index (χ2n) is 5.60. The van der Waals surface area contributed by atoms with E-state index in [9.17, 15) is 4.79 Å². The van der Waals surface area contributed by atoms with Gasteiger partial charge in [0.25, 0.3) is 5.91 Å². The quantitative estimate of drug-likeness (QED) is 0.790. The molecule has 1 unspecified atom stereocenters. The van der Waals surface area contributed by atoms with Crippen molar-refractivity contribution in [1.29, 1.82) is 0 Å². The molecule has 3 nitrogen and oxygen atoms in total. The number of nitrogens with zero attached hydrogens (tertiary/aromatic N) is 1. The maximum Gasteiger partial charge on any atom is 0.251 e. The molecule has 1 atom stereocenters. The van der Waals surface area contributed by atoms with Crippen molar-refractivity contribution in [2.24, 2.45) is 5.92 Å². The molecular formula is C16H25ClN2O. The number of halogens is 1. The molecule has 0 aliphatic heterocycles. The summed E-state index contributed by atoms with van der Waals surface area (Å²) in [6.07, 6.45) is 2.12. The zero-order valence-corrected chi connectivity index (χ0v) is 13.8. The number of aromatic nitrogens is 1. The molecule has 0 bridgehead atoms.